The Morgan fingerprint density at radius 1 is 1.23 bits per heavy atom. The fraction of sp³-hybridized carbons (Fsp3) is 0.263. The van der Waals surface area contributed by atoms with Crippen molar-refractivity contribution < 1.29 is 18.7 Å². The van der Waals surface area contributed by atoms with Crippen molar-refractivity contribution in [3.63, 3.8) is 0 Å². The van der Waals surface area contributed by atoms with Gasteiger partial charge in [0.1, 0.15) is 0 Å². The first-order valence-electron chi connectivity index (χ1n) is 8.08. The maximum atomic E-state index is 13.7. The number of carbonyl (C=O) groups excluding carboxylic acids is 2. The molecule has 1 atom stereocenters. The van der Waals surface area contributed by atoms with Gasteiger partial charge in [0.25, 0.3) is 5.91 Å². The lowest BCUT2D eigenvalue weighted by atomic mass is 10.1. The highest BCUT2D eigenvalue weighted by atomic mass is 35.5. The molecule has 0 saturated heterocycles. The van der Waals surface area contributed by atoms with Crippen LogP contribution in [0.15, 0.2) is 42.5 Å². The van der Waals surface area contributed by atoms with Crippen LogP contribution in [0.5, 0.6) is 5.75 Å². The molecule has 0 aliphatic carbocycles. The molecular weight excluding hydrogens is 359 g/mol. The van der Waals surface area contributed by atoms with E-state index in [4.69, 9.17) is 16.3 Å². The van der Waals surface area contributed by atoms with Crippen LogP contribution in [0.25, 0.3) is 0 Å². The molecule has 0 aliphatic rings. The third-order valence-electron chi connectivity index (χ3n) is 3.81. The van der Waals surface area contributed by atoms with E-state index in [2.05, 4.69) is 10.6 Å². The first-order chi connectivity index (χ1) is 12.4. The Morgan fingerprint density at radius 3 is 2.62 bits per heavy atom. The van der Waals surface area contributed by atoms with Crippen molar-refractivity contribution in [2.24, 2.45) is 0 Å². The second-order valence-corrected chi connectivity index (χ2v) is 6.08. The zero-order valence-electron chi connectivity index (χ0n) is 14.5. The molecule has 5 nitrogen and oxygen atoms in total. The van der Waals surface area contributed by atoms with Crippen LogP contribution >= 0.6 is 11.6 Å². The second-order valence-electron chi connectivity index (χ2n) is 5.67. The van der Waals surface area contributed by atoms with Crippen LogP contribution in [0.2, 0.25) is 5.02 Å². The van der Waals surface area contributed by atoms with Crippen molar-refractivity contribution in [2.45, 2.75) is 19.4 Å². The molecule has 0 saturated carbocycles. The van der Waals surface area contributed by atoms with E-state index >= 15 is 0 Å². The largest absolute Gasteiger partial charge is 0.494 e. The Labute approximate surface area is 156 Å². The number of ether oxygens (including phenoxy) is 1. The van der Waals surface area contributed by atoms with Gasteiger partial charge in [-0.2, -0.15) is 0 Å². The van der Waals surface area contributed by atoms with E-state index in [1.165, 1.54) is 19.2 Å². The van der Waals surface area contributed by atoms with E-state index in [1.54, 1.807) is 37.3 Å². The van der Waals surface area contributed by atoms with Crippen molar-refractivity contribution >= 4 is 23.4 Å². The lowest BCUT2D eigenvalue weighted by Crippen LogP contribution is -2.32. The van der Waals surface area contributed by atoms with Gasteiger partial charge in [0.2, 0.25) is 5.91 Å². The summed E-state index contributed by atoms with van der Waals surface area (Å²) in [5, 5.41) is 5.76. The number of nitrogens with one attached hydrogen (secondary N) is 2. The molecule has 0 heterocycles. The summed E-state index contributed by atoms with van der Waals surface area (Å²) in [4.78, 5) is 24.0. The number of carbonyl (C=O) groups is 2. The average molecular weight is 379 g/mol. The van der Waals surface area contributed by atoms with E-state index in [9.17, 15) is 14.0 Å². The van der Waals surface area contributed by atoms with Gasteiger partial charge in [-0.15, -0.1) is 0 Å². The molecule has 7 heteroatoms. The number of halogens is 2. The summed E-state index contributed by atoms with van der Waals surface area (Å²) in [6.07, 6.45) is 0.0964. The summed E-state index contributed by atoms with van der Waals surface area (Å²) < 4.78 is 18.6. The van der Waals surface area contributed by atoms with Crippen LogP contribution < -0.4 is 15.4 Å². The van der Waals surface area contributed by atoms with Crippen LogP contribution in [0.1, 0.15) is 35.3 Å². The maximum Gasteiger partial charge on any atom is 0.252 e. The van der Waals surface area contributed by atoms with Crippen LogP contribution in [0.4, 0.5) is 4.39 Å². The van der Waals surface area contributed by atoms with Gasteiger partial charge in [-0.3, -0.25) is 9.59 Å². The minimum absolute atomic E-state index is 0.0964. The highest BCUT2D eigenvalue weighted by Crippen LogP contribution is 2.21. The van der Waals surface area contributed by atoms with Gasteiger partial charge < -0.3 is 15.4 Å². The third-order valence-corrected chi connectivity index (χ3v) is 4.14. The van der Waals surface area contributed by atoms with Gasteiger partial charge in [0.05, 0.1) is 23.7 Å². The van der Waals surface area contributed by atoms with Gasteiger partial charge in [-0.25, -0.2) is 4.39 Å². The van der Waals surface area contributed by atoms with Gasteiger partial charge in [0.15, 0.2) is 11.6 Å². The molecule has 138 valence electrons. The molecule has 0 bridgehead atoms. The number of hydrogen-bond donors (Lipinski definition) is 2. The number of benzene rings is 2. The van der Waals surface area contributed by atoms with E-state index in [0.717, 1.165) is 0 Å². The Bertz CT molecular complexity index is 798. The summed E-state index contributed by atoms with van der Waals surface area (Å²) in [7, 11) is 1.39. The predicted octanol–water partition coefficient (Wildman–Crippen LogP) is 3.49. The maximum absolute atomic E-state index is 13.7. The summed E-state index contributed by atoms with van der Waals surface area (Å²) in [6, 6.07) is 10.8. The molecule has 0 radical (unpaired) electrons. The molecule has 2 aromatic rings. The number of rotatable bonds is 7. The van der Waals surface area contributed by atoms with Gasteiger partial charge in [0, 0.05) is 13.0 Å². The van der Waals surface area contributed by atoms with E-state index in [1.807, 2.05) is 0 Å². The Kier molecular flexibility index (Phi) is 6.97. The van der Waals surface area contributed by atoms with Crippen LogP contribution in [-0.2, 0) is 4.79 Å². The highest BCUT2D eigenvalue weighted by Gasteiger charge is 2.13. The second kappa shape index (κ2) is 9.20. The first-order valence-corrected chi connectivity index (χ1v) is 8.45. The van der Waals surface area contributed by atoms with Crippen molar-refractivity contribution in [3.05, 3.63) is 64.4 Å². The summed E-state index contributed by atoms with van der Waals surface area (Å²) in [5.41, 5.74) is 0.980. The summed E-state index contributed by atoms with van der Waals surface area (Å²) >= 11 is 5.95. The van der Waals surface area contributed by atoms with E-state index in [-0.39, 0.29) is 36.6 Å². The summed E-state index contributed by atoms with van der Waals surface area (Å²) in [5.74, 6) is -0.936. The Hall–Kier alpha value is -2.60. The van der Waals surface area contributed by atoms with Crippen LogP contribution in [0, 0.1) is 5.82 Å². The molecule has 2 amide bonds. The van der Waals surface area contributed by atoms with Crippen molar-refractivity contribution in [3.8, 4) is 5.75 Å². The Balaban J connectivity index is 1.82. The van der Waals surface area contributed by atoms with Gasteiger partial charge in [-0.1, -0.05) is 29.8 Å². The first kappa shape index (κ1) is 19.7. The lowest BCUT2D eigenvalue weighted by molar-refractivity contribution is -0.121. The molecule has 0 aromatic heterocycles. The van der Waals surface area contributed by atoms with Crippen molar-refractivity contribution in [1.82, 2.24) is 10.6 Å². The monoisotopic (exact) mass is 378 g/mol. The summed E-state index contributed by atoms with van der Waals surface area (Å²) in [6.45, 7) is 1.92. The van der Waals surface area contributed by atoms with E-state index in [0.29, 0.717) is 16.1 Å². The standard InChI is InChI=1S/C19H20ClFN2O3/c1-12(13-7-8-17(26-2)16(21)11-13)23-18(24)9-10-22-19(25)14-5-3-4-6-15(14)20/h3-8,11-12H,9-10H2,1-2H3,(H,22,25)(H,23,24)/t12-/m1/s1. The predicted molar refractivity (Wildman–Crippen MR) is 97.9 cm³/mol. The lowest BCUT2D eigenvalue weighted by Gasteiger charge is -2.15. The number of amides is 2. The highest BCUT2D eigenvalue weighted by molar-refractivity contribution is 6.33. The topological polar surface area (TPSA) is 67.4 Å². The molecule has 0 aliphatic heterocycles. The molecule has 0 fully saturated rings. The van der Waals surface area contributed by atoms with Crippen molar-refractivity contribution in [1.29, 1.82) is 0 Å². The quantitative estimate of drug-likeness (QED) is 0.775. The minimum atomic E-state index is -0.488. The molecule has 2 N–H and O–H groups in total. The molecule has 2 aromatic carbocycles. The zero-order chi connectivity index (χ0) is 19.1. The molecule has 0 unspecified atom stereocenters. The normalized spacial score (nSPS) is 11.5. The minimum Gasteiger partial charge on any atom is -0.494 e. The van der Waals surface area contributed by atoms with E-state index < -0.39 is 5.82 Å². The molecular formula is C19H20ClFN2O3. The van der Waals surface area contributed by atoms with Gasteiger partial charge in [-0.05, 0) is 36.8 Å². The Morgan fingerprint density at radius 2 is 1.96 bits per heavy atom. The zero-order valence-corrected chi connectivity index (χ0v) is 15.3. The van der Waals surface area contributed by atoms with Crippen LogP contribution in [-0.4, -0.2) is 25.5 Å². The fourth-order valence-electron chi connectivity index (χ4n) is 2.38. The van der Waals surface area contributed by atoms with Gasteiger partial charge >= 0.3 is 0 Å². The fourth-order valence-corrected chi connectivity index (χ4v) is 2.60. The number of hydrogen-bond acceptors (Lipinski definition) is 3. The molecule has 2 rings (SSSR count). The number of methoxy groups -OCH3 is 1. The third kappa shape index (κ3) is 5.20. The van der Waals surface area contributed by atoms with Crippen LogP contribution in [0.3, 0.4) is 0 Å². The average Bonchev–Trinajstić information content (AvgIpc) is 2.61. The molecule has 26 heavy (non-hydrogen) atoms. The SMILES string of the molecule is COc1ccc([C@@H](C)NC(=O)CCNC(=O)c2ccccc2Cl)cc1F. The van der Waals surface area contributed by atoms with Crippen molar-refractivity contribution in [2.75, 3.05) is 13.7 Å². The molecule has 0 spiro atoms. The smallest absolute Gasteiger partial charge is 0.252 e.